The van der Waals surface area contributed by atoms with Crippen LogP contribution in [0.5, 0.6) is 17.2 Å². The van der Waals surface area contributed by atoms with Crippen molar-refractivity contribution < 1.29 is 23.8 Å². The normalized spacial score (nSPS) is 10.5. The fourth-order valence-electron chi connectivity index (χ4n) is 2.23. The van der Waals surface area contributed by atoms with Gasteiger partial charge in [-0.15, -0.1) is 0 Å². The van der Waals surface area contributed by atoms with Crippen molar-refractivity contribution >= 4 is 29.4 Å². The average molecular weight is 393 g/mol. The van der Waals surface area contributed by atoms with E-state index in [2.05, 4.69) is 10.5 Å². The number of rotatable bonds is 9. The number of carbonyl (C=O) groups is 1. The van der Waals surface area contributed by atoms with Gasteiger partial charge < -0.3 is 24.4 Å². The lowest BCUT2D eigenvalue weighted by molar-refractivity contribution is -0.120. The molecule has 0 aliphatic rings. The zero-order chi connectivity index (χ0) is 19.6. The van der Waals surface area contributed by atoms with Crippen LogP contribution in [0.3, 0.4) is 0 Å². The Labute approximate surface area is 162 Å². The van der Waals surface area contributed by atoms with Gasteiger partial charge in [-0.05, 0) is 31.2 Å². The summed E-state index contributed by atoms with van der Waals surface area (Å²) >= 11 is 6.19. The van der Waals surface area contributed by atoms with E-state index in [4.69, 9.17) is 30.6 Å². The molecule has 0 aromatic heterocycles. The number of hydrogen-bond donors (Lipinski definition) is 1. The zero-order valence-electron chi connectivity index (χ0n) is 15.3. The molecule has 1 amide bonds. The second-order valence-electron chi connectivity index (χ2n) is 5.22. The highest BCUT2D eigenvalue weighted by atomic mass is 35.5. The standard InChI is InChI=1S/C19H21ClN2O5/c1-4-26-19-14(20)9-13(10-17(19)25-3)11-21-27-12-18(23)22-15-7-5-6-8-16(15)24-2/h5-11H,4,12H2,1-3H3,(H,22,23)/b21-11-. The minimum Gasteiger partial charge on any atom is -0.495 e. The number of nitrogens with one attached hydrogen (secondary N) is 1. The van der Waals surface area contributed by atoms with Crippen LogP contribution in [0, 0.1) is 0 Å². The number of carbonyl (C=O) groups excluding carboxylic acids is 1. The highest BCUT2D eigenvalue weighted by Gasteiger charge is 2.11. The molecule has 0 saturated heterocycles. The maximum Gasteiger partial charge on any atom is 0.265 e. The number of ether oxygens (including phenoxy) is 3. The van der Waals surface area contributed by atoms with Gasteiger partial charge in [-0.2, -0.15) is 0 Å². The molecule has 0 atom stereocenters. The summed E-state index contributed by atoms with van der Waals surface area (Å²) in [4.78, 5) is 17.0. The first kappa shape index (κ1) is 20.4. The predicted octanol–water partition coefficient (Wildman–Crippen LogP) is 3.75. The van der Waals surface area contributed by atoms with Crippen LogP contribution >= 0.6 is 11.6 Å². The van der Waals surface area contributed by atoms with Gasteiger partial charge in [0.1, 0.15) is 5.75 Å². The van der Waals surface area contributed by atoms with E-state index in [9.17, 15) is 4.79 Å². The van der Waals surface area contributed by atoms with Crippen molar-refractivity contribution in [3.63, 3.8) is 0 Å². The fourth-order valence-corrected chi connectivity index (χ4v) is 2.50. The Kier molecular flexibility index (Phi) is 7.76. The number of amides is 1. The summed E-state index contributed by atoms with van der Waals surface area (Å²) in [6, 6.07) is 10.5. The van der Waals surface area contributed by atoms with Crippen LogP contribution in [0.1, 0.15) is 12.5 Å². The molecule has 8 heteroatoms. The van der Waals surface area contributed by atoms with E-state index in [0.29, 0.717) is 40.1 Å². The molecule has 0 aliphatic heterocycles. The number of hydrogen-bond acceptors (Lipinski definition) is 6. The quantitative estimate of drug-likeness (QED) is 0.519. The maximum atomic E-state index is 11.9. The Balaban J connectivity index is 1.93. The molecule has 144 valence electrons. The van der Waals surface area contributed by atoms with Gasteiger partial charge in [0.15, 0.2) is 18.1 Å². The summed E-state index contributed by atoms with van der Waals surface area (Å²) < 4.78 is 15.9. The van der Waals surface area contributed by atoms with Crippen molar-refractivity contribution in [3.8, 4) is 17.2 Å². The summed E-state index contributed by atoms with van der Waals surface area (Å²) in [5, 5.41) is 6.87. The van der Waals surface area contributed by atoms with E-state index >= 15 is 0 Å². The predicted molar refractivity (Wildman–Crippen MR) is 104 cm³/mol. The minimum absolute atomic E-state index is 0.254. The van der Waals surface area contributed by atoms with Crippen molar-refractivity contribution in [2.24, 2.45) is 5.16 Å². The van der Waals surface area contributed by atoms with Gasteiger partial charge in [0.05, 0.1) is 37.8 Å². The van der Waals surface area contributed by atoms with Gasteiger partial charge in [0, 0.05) is 5.56 Å². The van der Waals surface area contributed by atoms with Crippen LogP contribution in [0.25, 0.3) is 0 Å². The molecule has 0 unspecified atom stereocenters. The first-order chi connectivity index (χ1) is 13.1. The third-order valence-electron chi connectivity index (χ3n) is 3.39. The van der Waals surface area contributed by atoms with Crippen molar-refractivity contribution in [2.45, 2.75) is 6.92 Å². The Bertz CT molecular complexity index is 811. The molecule has 0 radical (unpaired) electrons. The summed E-state index contributed by atoms with van der Waals surface area (Å²) in [6.07, 6.45) is 1.43. The van der Waals surface area contributed by atoms with Crippen LogP contribution in [-0.4, -0.2) is 39.6 Å². The van der Waals surface area contributed by atoms with Gasteiger partial charge in [-0.3, -0.25) is 4.79 Å². The molecule has 0 bridgehead atoms. The Morgan fingerprint density at radius 3 is 2.63 bits per heavy atom. The van der Waals surface area contributed by atoms with Crippen molar-refractivity contribution in [1.82, 2.24) is 0 Å². The van der Waals surface area contributed by atoms with Crippen molar-refractivity contribution in [2.75, 3.05) is 32.8 Å². The van der Waals surface area contributed by atoms with Crippen LogP contribution in [0.15, 0.2) is 41.6 Å². The molecule has 0 fully saturated rings. The zero-order valence-corrected chi connectivity index (χ0v) is 16.1. The smallest absolute Gasteiger partial charge is 0.265 e. The molecular formula is C19H21ClN2O5. The van der Waals surface area contributed by atoms with Crippen molar-refractivity contribution in [1.29, 1.82) is 0 Å². The van der Waals surface area contributed by atoms with Gasteiger partial charge in [-0.1, -0.05) is 28.9 Å². The Hall–Kier alpha value is -2.93. The molecule has 0 saturated carbocycles. The lowest BCUT2D eigenvalue weighted by Crippen LogP contribution is -2.17. The number of methoxy groups -OCH3 is 2. The monoisotopic (exact) mass is 392 g/mol. The van der Waals surface area contributed by atoms with E-state index in [1.807, 2.05) is 13.0 Å². The number of halogens is 1. The van der Waals surface area contributed by atoms with Gasteiger partial charge in [-0.25, -0.2) is 0 Å². The van der Waals surface area contributed by atoms with E-state index in [-0.39, 0.29) is 12.5 Å². The van der Waals surface area contributed by atoms with Crippen LogP contribution in [0.4, 0.5) is 5.69 Å². The van der Waals surface area contributed by atoms with Gasteiger partial charge >= 0.3 is 0 Å². The average Bonchev–Trinajstić information content (AvgIpc) is 2.67. The number of oxime groups is 1. The molecule has 2 aromatic carbocycles. The Morgan fingerprint density at radius 2 is 1.93 bits per heavy atom. The number of para-hydroxylation sites is 2. The van der Waals surface area contributed by atoms with E-state index in [0.717, 1.165) is 0 Å². The fraction of sp³-hybridized carbons (Fsp3) is 0.263. The molecule has 2 aromatic rings. The van der Waals surface area contributed by atoms with Crippen molar-refractivity contribution in [3.05, 3.63) is 47.0 Å². The van der Waals surface area contributed by atoms with Gasteiger partial charge in [0.25, 0.3) is 5.91 Å². The second-order valence-corrected chi connectivity index (χ2v) is 5.63. The minimum atomic E-state index is -0.362. The van der Waals surface area contributed by atoms with Crippen LogP contribution < -0.4 is 19.5 Å². The number of nitrogens with zero attached hydrogens (tertiary/aromatic N) is 1. The first-order valence-corrected chi connectivity index (χ1v) is 8.55. The molecule has 2 rings (SSSR count). The number of anilines is 1. The summed E-state index contributed by atoms with van der Waals surface area (Å²) in [5.74, 6) is 1.15. The largest absolute Gasteiger partial charge is 0.495 e. The highest BCUT2D eigenvalue weighted by molar-refractivity contribution is 6.32. The van der Waals surface area contributed by atoms with E-state index in [1.54, 1.807) is 30.3 Å². The van der Waals surface area contributed by atoms with Crippen LogP contribution in [-0.2, 0) is 9.63 Å². The second kappa shape index (κ2) is 10.3. The third-order valence-corrected chi connectivity index (χ3v) is 3.67. The molecule has 0 spiro atoms. The molecule has 0 aliphatic carbocycles. The van der Waals surface area contributed by atoms with Crippen LogP contribution in [0.2, 0.25) is 5.02 Å². The topological polar surface area (TPSA) is 78.4 Å². The molecule has 0 heterocycles. The summed E-state index contributed by atoms with van der Waals surface area (Å²) in [6.45, 7) is 2.07. The third kappa shape index (κ3) is 5.79. The molecule has 1 N–H and O–H groups in total. The Morgan fingerprint density at radius 1 is 1.19 bits per heavy atom. The molecule has 27 heavy (non-hydrogen) atoms. The van der Waals surface area contributed by atoms with E-state index < -0.39 is 0 Å². The van der Waals surface area contributed by atoms with Gasteiger partial charge in [0.2, 0.25) is 0 Å². The lowest BCUT2D eigenvalue weighted by Gasteiger charge is -2.11. The number of benzene rings is 2. The summed E-state index contributed by atoms with van der Waals surface area (Å²) in [5.41, 5.74) is 1.20. The maximum absolute atomic E-state index is 11.9. The highest BCUT2D eigenvalue weighted by Crippen LogP contribution is 2.36. The van der Waals surface area contributed by atoms with E-state index in [1.165, 1.54) is 20.4 Å². The summed E-state index contributed by atoms with van der Waals surface area (Å²) in [7, 11) is 3.05. The molecular weight excluding hydrogens is 372 g/mol. The first-order valence-electron chi connectivity index (χ1n) is 8.17. The molecule has 7 nitrogen and oxygen atoms in total. The lowest BCUT2D eigenvalue weighted by atomic mass is 10.2. The SMILES string of the molecule is CCOc1c(Cl)cc(/C=N\OCC(=O)Nc2ccccc2OC)cc1OC.